The van der Waals surface area contributed by atoms with Crippen LogP contribution in [0.4, 0.5) is 0 Å². The summed E-state index contributed by atoms with van der Waals surface area (Å²) in [6.07, 6.45) is 6.72. The fourth-order valence-corrected chi connectivity index (χ4v) is 4.30. The molecule has 6 rings (SSSR count). The van der Waals surface area contributed by atoms with Crippen LogP contribution in [-0.2, 0) is 0 Å². The molecule has 4 heterocycles. The van der Waals surface area contributed by atoms with Crippen LogP contribution in [0.3, 0.4) is 0 Å². The highest BCUT2D eigenvalue weighted by molar-refractivity contribution is 5.96. The van der Waals surface area contributed by atoms with Gasteiger partial charge in [0.2, 0.25) is 11.8 Å². The van der Waals surface area contributed by atoms with Crippen molar-refractivity contribution in [3.63, 3.8) is 0 Å². The molecule has 0 radical (unpaired) electrons. The molecule has 0 bridgehead atoms. The molecule has 1 amide bonds. The van der Waals surface area contributed by atoms with Crippen molar-refractivity contribution in [1.29, 1.82) is 0 Å². The Hall–Kier alpha value is -4.52. The van der Waals surface area contributed by atoms with Gasteiger partial charge in [0.15, 0.2) is 0 Å². The van der Waals surface area contributed by atoms with Crippen LogP contribution >= 0.6 is 0 Å². The maximum absolute atomic E-state index is 13.1. The lowest BCUT2D eigenvalue weighted by molar-refractivity contribution is 0.0773. The lowest BCUT2D eigenvalue weighted by atomic mass is 9.99. The summed E-state index contributed by atoms with van der Waals surface area (Å²) in [4.78, 5) is 22.5. The first-order valence-corrected chi connectivity index (χ1v) is 11.2. The van der Waals surface area contributed by atoms with E-state index in [0.717, 1.165) is 34.1 Å². The Morgan fingerprint density at radius 3 is 2.41 bits per heavy atom. The number of aromatic amines is 1. The van der Waals surface area contributed by atoms with Gasteiger partial charge in [-0.3, -0.25) is 4.79 Å². The third-order valence-corrected chi connectivity index (χ3v) is 6.12. The summed E-state index contributed by atoms with van der Waals surface area (Å²) in [6.45, 7) is 1.25. The van der Waals surface area contributed by atoms with E-state index in [-0.39, 0.29) is 5.91 Å². The van der Waals surface area contributed by atoms with Gasteiger partial charge >= 0.3 is 0 Å². The largest absolute Gasteiger partial charge is 0.416 e. The van der Waals surface area contributed by atoms with Crippen LogP contribution in [0.1, 0.15) is 22.3 Å². The average Bonchev–Trinajstić information content (AvgIpc) is 3.57. The number of nitrogens with zero attached hydrogens (tertiary/aromatic N) is 4. The van der Waals surface area contributed by atoms with Crippen LogP contribution in [-0.4, -0.2) is 44.1 Å². The Morgan fingerprint density at radius 1 is 0.912 bits per heavy atom. The molecule has 1 N–H and O–H groups in total. The Morgan fingerprint density at radius 2 is 1.68 bits per heavy atom. The standard InChI is InChI=1S/C27H21N5O2/c33-27(32-15-12-18(13-16-32)23-17-29-24-22(23)7-4-14-28-24)21-10-8-20(9-11-21)26-31-30-25(34-26)19-5-2-1-3-6-19/h1-12,14,17H,13,15-16H2,(H,28,29). The highest BCUT2D eigenvalue weighted by Crippen LogP contribution is 2.29. The fourth-order valence-electron chi connectivity index (χ4n) is 4.30. The lowest BCUT2D eigenvalue weighted by Crippen LogP contribution is -2.34. The number of hydrogen-bond acceptors (Lipinski definition) is 5. The number of H-pyrrole nitrogens is 1. The number of nitrogens with one attached hydrogen (secondary N) is 1. The van der Waals surface area contributed by atoms with Crippen molar-refractivity contribution in [3.05, 3.63) is 96.3 Å². The minimum absolute atomic E-state index is 0.0120. The Bertz CT molecular complexity index is 1500. The van der Waals surface area contributed by atoms with Crippen LogP contribution < -0.4 is 0 Å². The zero-order valence-electron chi connectivity index (χ0n) is 18.3. The summed E-state index contributed by atoms with van der Waals surface area (Å²) >= 11 is 0. The van der Waals surface area contributed by atoms with E-state index < -0.39 is 0 Å². The van der Waals surface area contributed by atoms with Gasteiger partial charge in [-0.2, -0.15) is 0 Å². The van der Waals surface area contributed by atoms with Gasteiger partial charge in [-0.25, -0.2) is 4.98 Å². The molecule has 7 nitrogen and oxygen atoms in total. The van der Waals surface area contributed by atoms with E-state index >= 15 is 0 Å². The summed E-state index contributed by atoms with van der Waals surface area (Å²) in [5, 5.41) is 9.40. The van der Waals surface area contributed by atoms with Gasteiger partial charge in [-0.05, 0) is 60.5 Å². The molecule has 7 heteroatoms. The molecule has 0 unspecified atom stereocenters. The van der Waals surface area contributed by atoms with Crippen LogP contribution in [0, 0.1) is 0 Å². The SMILES string of the molecule is O=C(c1ccc(-c2nnc(-c3ccccc3)o2)cc1)N1CC=C(c2c[nH]c3ncccc23)CC1. The first kappa shape index (κ1) is 20.1. The van der Waals surface area contributed by atoms with E-state index in [4.69, 9.17) is 4.42 Å². The van der Waals surface area contributed by atoms with Crippen molar-refractivity contribution < 1.29 is 9.21 Å². The number of carbonyl (C=O) groups is 1. The van der Waals surface area contributed by atoms with E-state index in [1.807, 2.05) is 71.8 Å². The smallest absolute Gasteiger partial charge is 0.254 e. The molecule has 2 aromatic carbocycles. The van der Waals surface area contributed by atoms with E-state index in [1.54, 1.807) is 6.20 Å². The number of fused-ring (bicyclic) bond motifs is 1. The number of carbonyl (C=O) groups excluding carboxylic acids is 1. The number of amides is 1. The number of pyridine rings is 1. The first-order valence-electron chi connectivity index (χ1n) is 11.2. The first-order chi connectivity index (χ1) is 16.8. The molecule has 5 aromatic rings. The van der Waals surface area contributed by atoms with Crippen LogP contribution in [0.15, 0.2) is 89.6 Å². The van der Waals surface area contributed by atoms with Crippen molar-refractivity contribution in [3.8, 4) is 22.9 Å². The van der Waals surface area contributed by atoms with Crippen LogP contribution in [0.25, 0.3) is 39.5 Å². The van der Waals surface area contributed by atoms with E-state index in [9.17, 15) is 4.79 Å². The molecule has 34 heavy (non-hydrogen) atoms. The number of benzene rings is 2. The number of hydrogen-bond donors (Lipinski definition) is 1. The van der Waals surface area contributed by atoms with E-state index in [2.05, 4.69) is 32.3 Å². The molecule has 0 atom stereocenters. The number of rotatable bonds is 4. The molecule has 0 spiro atoms. The topological polar surface area (TPSA) is 87.9 Å². The fraction of sp³-hybridized carbons (Fsp3) is 0.111. The summed E-state index contributed by atoms with van der Waals surface area (Å²) in [5.74, 6) is 0.909. The Balaban J connectivity index is 1.16. The van der Waals surface area contributed by atoms with Gasteiger partial charge in [0.05, 0.1) is 0 Å². The highest BCUT2D eigenvalue weighted by Gasteiger charge is 2.21. The minimum atomic E-state index is 0.0120. The second-order valence-electron chi connectivity index (χ2n) is 8.19. The lowest BCUT2D eigenvalue weighted by Gasteiger charge is -2.26. The summed E-state index contributed by atoms with van der Waals surface area (Å²) in [7, 11) is 0. The third kappa shape index (κ3) is 3.67. The van der Waals surface area contributed by atoms with E-state index in [0.29, 0.717) is 30.4 Å². The normalized spacial score (nSPS) is 13.8. The third-order valence-electron chi connectivity index (χ3n) is 6.12. The molecule has 0 aliphatic carbocycles. The van der Waals surface area contributed by atoms with Crippen LogP contribution in [0.5, 0.6) is 0 Å². The monoisotopic (exact) mass is 447 g/mol. The summed E-state index contributed by atoms with van der Waals surface area (Å²) < 4.78 is 5.82. The highest BCUT2D eigenvalue weighted by atomic mass is 16.4. The molecule has 1 aliphatic rings. The summed E-state index contributed by atoms with van der Waals surface area (Å²) in [5.41, 5.74) is 5.57. The van der Waals surface area contributed by atoms with Gasteiger partial charge in [0.25, 0.3) is 5.91 Å². The molecule has 3 aromatic heterocycles. The second kappa shape index (κ2) is 8.44. The summed E-state index contributed by atoms with van der Waals surface area (Å²) in [6, 6.07) is 21.0. The molecular weight excluding hydrogens is 426 g/mol. The molecule has 166 valence electrons. The van der Waals surface area contributed by atoms with Crippen molar-refractivity contribution in [2.75, 3.05) is 13.1 Å². The molecule has 0 fully saturated rings. The van der Waals surface area contributed by atoms with Gasteiger partial charge in [-0.15, -0.1) is 10.2 Å². The van der Waals surface area contributed by atoms with Gasteiger partial charge < -0.3 is 14.3 Å². The second-order valence-corrected chi connectivity index (χ2v) is 8.19. The van der Waals surface area contributed by atoms with Gasteiger partial charge in [0, 0.05) is 53.1 Å². The van der Waals surface area contributed by atoms with Gasteiger partial charge in [-0.1, -0.05) is 24.3 Å². The predicted octanol–water partition coefficient (Wildman–Crippen LogP) is 5.21. The zero-order chi connectivity index (χ0) is 22.9. The maximum Gasteiger partial charge on any atom is 0.254 e. The Kier molecular flexibility index (Phi) is 4.99. The quantitative estimate of drug-likeness (QED) is 0.409. The number of aromatic nitrogens is 4. The molecule has 0 saturated carbocycles. The average molecular weight is 447 g/mol. The predicted molar refractivity (Wildman–Crippen MR) is 130 cm³/mol. The zero-order valence-corrected chi connectivity index (χ0v) is 18.3. The molecular formula is C27H21N5O2. The van der Waals surface area contributed by atoms with E-state index in [1.165, 1.54) is 5.57 Å². The maximum atomic E-state index is 13.1. The van der Waals surface area contributed by atoms with Crippen molar-refractivity contribution >= 4 is 22.5 Å². The minimum Gasteiger partial charge on any atom is -0.416 e. The Labute approximate surface area is 195 Å². The van der Waals surface area contributed by atoms with Crippen LogP contribution in [0.2, 0.25) is 0 Å². The van der Waals surface area contributed by atoms with Crippen molar-refractivity contribution in [2.24, 2.45) is 0 Å². The molecule has 0 saturated heterocycles. The van der Waals surface area contributed by atoms with Crippen molar-refractivity contribution in [2.45, 2.75) is 6.42 Å². The van der Waals surface area contributed by atoms with Crippen molar-refractivity contribution in [1.82, 2.24) is 25.1 Å². The van der Waals surface area contributed by atoms with Gasteiger partial charge in [0.1, 0.15) is 5.65 Å². The molecule has 1 aliphatic heterocycles.